The van der Waals surface area contributed by atoms with Crippen molar-refractivity contribution in [3.05, 3.63) is 30.3 Å². The van der Waals surface area contributed by atoms with E-state index in [2.05, 4.69) is 10.6 Å². The molecule has 1 aromatic rings. The summed E-state index contributed by atoms with van der Waals surface area (Å²) in [7, 11) is 0. The van der Waals surface area contributed by atoms with E-state index < -0.39 is 0 Å². The maximum absolute atomic E-state index is 11.6. The highest BCUT2D eigenvalue weighted by Gasteiger charge is 2.15. The van der Waals surface area contributed by atoms with Crippen molar-refractivity contribution < 1.29 is 9.53 Å². The van der Waals surface area contributed by atoms with Gasteiger partial charge in [0, 0.05) is 6.42 Å². The molecule has 0 saturated carbocycles. The minimum absolute atomic E-state index is 0. The molecule has 0 radical (unpaired) electrons. The minimum atomic E-state index is 0. The van der Waals surface area contributed by atoms with Gasteiger partial charge in [0.2, 0.25) is 5.91 Å². The second-order valence-corrected chi connectivity index (χ2v) is 4.91. The maximum atomic E-state index is 11.6. The molecule has 5 heteroatoms. The average Bonchev–Trinajstić information content (AvgIpc) is 2.96. The number of nitrogens with one attached hydrogen (secondary N) is 2. The number of amides is 1. The van der Waals surface area contributed by atoms with Gasteiger partial charge in [-0.1, -0.05) is 18.2 Å². The molecular weight excluding hydrogens is 276 g/mol. The van der Waals surface area contributed by atoms with Crippen molar-refractivity contribution in [2.45, 2.75) is 19.3 Å². The molecule has 112 valence electrons. The number of rotatable bonds is 7. The van der Waals surface area contributed by atoms with Crippen molar-refractivity contribution in [3.8, 4) is 5.75 Å². The molecule has 4 nitrogen and oxygen atoms in total. The summed E-state index contributed by atoms with van der Waals surface area (Å²) in [5.74, 6) is 1.64. The largest absolute Gasteiger partial charge is 0.492 e. The van der Waals surface area contributed by atoms with Crippen LogP contribution in [0.2, 0.25) is 0 Å². The first-order valence-corrected chi connectivity index (χ1v) is 7.00. The molecule has 1 unspecified atom stereocenters. The standard InChI is InChI=1S/C15H22N2O2.ClH/c18-15(7-6-13-8-9-16-12-13)17-10-11-19-14-4-2-1-3-5-14;/h1-5,13,16H,6-12H2,(H,17,18);1H. The number of halogens is 1. The van der Waals surface area contributed by atoms with Crippen molar-refractivity contribution in [1.29, 1.82) is 0 Å². The zero-order valence-electron chi connectivity index (χ0n) is 11.6. The van der Waals surface area contributed by atoms with E-state index in [1.165, 1.54) is 6.42 Å². The smallest absolute Gasteiger partial charge is 0.220 e. The molecule has 2 rings (SSSR count). The summed E-state index contributed by atoms with van der Waals surface area (Å²) in [4.78, 5) is 11.6. The first-order valence-electron chi connectivity index (χ1n) is 7.00. The van der Waals surface area contributed by atoms with Crippen LogP contribution in [-0.4, -0.2) is 32.1 Å². The molecule has 1 aromatic carbocycles. The van der Waals surface area contributed by atoms with E-state index in [9.17, 15) is 4.79 Å². The van der Waals surface area contributed by atoms with Gasteiger partial charge in [-0.15, -0.1) is 12.4 Å². The zero-order valence-corrected chi connectivity index (χ0v) is 12.5. The van der Waals surface area contributed by atoms with E-state index in [1.807, 2.05) is 30.3 Å². The summed E-state index contributed by atoms with van der Waals surface area (Å²) in [5.41, 5.74) is 0. The van der Waals surface area contributed by atoms with Crippen LogP contribution in [0.3, 0.4) is 0 Å². The highest BCUT2D eigenvalue weighted by Crippen LogP contribution is 2.13. The number of para-hydroxylation sites is 1. The lowest BCUT2D eigenvalue weighted by Crippen LogP contribution is -2.28. The van der Waals surface area contributed by atoms with E-state index in [1.54, 1.807) is 0 Å². The number of hydrogen-bond donors (Lipinski definition) is 2. The van der Waals surface area contributed by atoms with E-state index >= 15 is 0 Å². The second-order valence-electron chi connectivity index (χ2n) is 4.91. The van der Waals surface area contributed by atoms with Crippen LogP contribution in [0, 0.1) is 5.92 Å². The third-order valence-corrected chi connectivity index (χ3v) is 3.38. The molecule has 0 aliphatic carbocycles. The van der Waals surface area contributed by atoms with Gasteiger partial charge < -0.3 is 15.4 Å². The molecule has 0 aromatic heterocycles. The van der Waals surface area contributed by atoms with Crippen LogP contribution in [0.4, 0.5) is 0 Å². The Balaban J connectivity index is 0.00000200. The molecule has 1 atom stereocenters. The molecule has 1 aliphatic rings. The third-order valence-electron chi connectivity index (χ3n) is 3.38. The molecule has 1 amide bonds. The van der Waals surface area contributed by atoms with E-state index in [0.29, 0.717) is 25.5 Å². The Labute approximate surface area is 126 Å². The lowest BCUT2D eigenvalue weighted by atomic mass is 10.0. The van der Waals surface area contributed by atoms with Gasteiger partial charge in [-0.25, -0.2) is 0 Å². The summed E-state index contributed by atoms with van der Waals surface area (Å²) in [5, 5.41) is 6.21. The Morgan fingerprint density at radius 3 is 2.85 bits per heavy atom. The lowest BCUT2D eigenvalue weighted by molar-refractivity contribution is -0.121. The van der Waals surface area contributed by atoms with Gasteiger partial charge in [-0.2, -0.15) is 0 Å². The molecule has 1 heterocycles. The first-order chi connectivity index (χ1) is 9.34. The Morgan fingerprint density at radius 1 is 1.35 bits per heavy atom. The van der Waals surface area contributed by atoms with Crippen LogP contribution in [0.1, 0.15) is 19.3 Å². The predicted molar refractivity (Wildman–Crippen MR) is 82.4 cm³/mol. The number of carbonyl (C=O) groups is 1. The Bertz CT molecular complexity index is 381. The van der Waals surface area contributed by atoms with Crippen molar-refractivity contribution in [2.24, 2.45) is 5.92 Å². The second kappa shape index (κ2) is 9.61. The summed E-state index contributed by atoms with van der Waals surface area (Å²) >= 11 is 0. The van der Waals surface area contributed by atoms with Gasteiger partial charge >= 0.3 is 0 Å². The summed E-state index contributed by atoms with van der Waals surface area (Å²) < 4.78 is 5.51. The highest BCUT2D eigenvalue weighted by molar-refractivity contribution is 5.85. The number of ether oxygens (including phenoxy) is 1. The van der Waals surface area contributed by atoms with E-state index in [0.717, 1.165) is 25.3 Å². The topological polar surface area (TPSA) is 50.4 Å². The summed E-state index contributed by atoms with van der Waals surface area (Å²) in [6.07, 6.45) is 2.81. The summed E-state index contributed by atoms with van der Waals surface area (Å²) in [6.45, 7) is 3.24. The van der Waals surface area contributed by atoms with Crippen LogP contribution in [0.5, 0.6) is 5.75 Å². The van der Waals surface area contributed by atoms with Crippen LogP contribution in [0.15, 0.2) is 30.3 Å². The normalized spacial score (nSPS) is 17.3. The van der Waals surface area contributed by atoms with Crippen LogP contribution < -0.4 is 15.4 Å². The lowest BCUT2D eigenvalue weighted by Gasteiger charge is -2.09. The van der Waals surface area contributed by atoms with Gasteiger partial charge in [0.05, 0.1) is 6.54 Å². The molecule has 2 N–H and O–H groups in total. The Hall–Kier alpha value is -1.26. The monoisotopic (exact) mass is 298 g/mol. The number of hydrogen-bond acceptors (Lipinski definition) is 3. The molecule has 20 heavy (non-hydrogen) atoms. The van der Waals surface area contributed by atoms with Gasteiger partial charge in [-0.05, 0) is 44.0 Å². The van der Waals surface area contributed by atoms with Gasteiger partial charge in [-0.3, -0.25) is 4.79 Å². The molecule has 1 aliphatic heterocycles. The molecular formula is C15H23ClN2O2. The van der Waals surface area contributed by atoms with Gasteiger partial charge in [0.15, 0.2) is 0 Å². The molecule has 0 spiro atoms. The van der Waals surface area contributed by atoms with Gasteiger partial charge in [0.25, 0.3) is 0 Å². The number of carbonyl (C=O) groups excluding carboxylic acids is 1. The van der Waals surface area contributed by atoms with Gasteiger partial charge in [0.1, 0.15) is 12.4 Å². The molecule has 0 bridgehead atoms. The quantitative estimate of drug-likeness (QED) is 0.757. The summed E-state index contributed by atoms with van der Waals surface area (Å²) in [6, 6.07) is 9.64. The van der Waals surface area contributed by atoms with E-state index in [4.69, 9.17) is 4.74 Å². The van der Waals surface area contributed by atoms with Crippen molar-refractivity contribution in [2.75, 3.05) is 26.2 Å². The first kappa shape index (κ1) is 16.8. The number of benzene rings is 1. The maximum Gasteiger partial charge on any atom is 0.220 e. The van der Waals surface area contributed by atoms with Crippen molar-refractivity contribution in [3.63, 3.8) is 0 Å². The van der Waals surface area contributed by atoms with Crippen LogP contribution in [0.25, 0.3) is 0 Å². The molecule has 1 fully saturated rings. The van der Waals surface area contributed by atoms with Crippen molar-refractivity contribution >= 4 is 18.3 Å². The third kappa shape index (κ3) is 6.26. The fourth-order valence-corrected chi connectivity index (χ4v) is 2.26. The molecule has 1 saturated heterocycles. The average molecular weight is 299 g/mol. The minimum Gasteiger partial charge on any atom is -0.492 e. The van der Waals surface area contributed by atoms with E-state index in [-0.39, 0.29) is 18.3 Å². The fourth-order valence-electron chi connectivity index (χ4n) is 2.26. The Kier molecular flexibility index (Phi) is 8.07. The predicted octanol–water partition coefficient (Wildman–Crippen LogP) is 1.99. The zero-order chi connectivity index (χ0) is 13.3. The van der Waals surface area contributed by atoms with Crippen molar-refractivity contribution in [1.82, 2.24) is 10.6 Å². The van der Waals surface area contributed by atoms with Crippen LogP contribution in [-0.2, 0) is 4.79 Å². The highest BCUT2D eigenvalue weighted by atomic mass is 35.5. The Morgan fingerprint density at radius 2 is 2.15 bits per heavy atom. The van der Waals surface area contributed by atoms with Crippen LogP contribution >= 0.6 is 12.4 Å². The SMILES string of the molecule is Cl.O=C(CCC1CCNC1)NCCOc1ccccc1. The fraction of sp³-hybridized carbons (Fsp3) is 0.533.